The molecule has 0 atom stereocenters. The fraction of sp³-hybridized carbons (Fsp3) is 0.889. The molecule has 4 rings (SSSR count). The summed E-state index contributed by atoms with van der Waals surface area (Å²) in [5, 5.41) is 0. The van der Waals surface area contributed by atoms with E-state index in [4.69, 9.17) is 4.74 Å². The van der Waals surface area contributed by atoms with Crippen molar-refractivity contribution in [1.29, 1.82) is 0 Å². The van der Waals surface area contributed by atoms with E-state index in [-0.39, 0.29) is 0 Å². The highest BCUT2D eigenvalue weighted by Gasteiger charge is 2.47. The first-order valence-electron chi connectivity index (χ1n) is 4.75. The third kappa shape index (κ3) is 0.774. The Bertz CT molecular complexity index is 189. The smallest absolute Gasteiger partial charge is 0.210 e. The minimum absolute atomic E-state index is 0.462. The molecule has 12 heavy (non-hydrogen) atoms. The summed E-state index contributed by atoms with van der Waals surface area (Å²) in [6, 6.07) is 0.998. The summed E-state index contributed by atoms with van der Waals surface area (Å²) < 4.78 is 5.77. The van der Waals surface area contributed by atoms with Crippen LogP contribution in [0.3, 0.4) is 0 Å². The molecule has 4 aliphatic rings. The van der Waals surface area contributed by atoms with Crippen LogP contribution in [-0.2, 0) is 9.53 Å². The molecule has 3 nitrogen and oxygen atoms in total. The van der Waals surface area contributed by atoms with Gasteiger partial charge in [-0.1, -0.05) is 0 Å². The van der Waals surface area contributed by atoms with Crippen molar-refractivity contribution in [3.8, 4) is 0 Å². The first-order valence-corrected chi connectivity index (χ1v) is 4.75. The van der Waals surface area contributed by atoms with Gasteiger partial charge < -0.3 is 9.64 Å². The molecule has 66 valence electrons. The Balaban J connectivity index is 1.90. The van der Waals surface area contributed by atoms with Crippen LogP contribution in [0.1, 0.15) is 25.7 Å². The average Bonchev–Trinajstić information content (AvgIpc) is 2.02. The Morgan fingerprint density at radius 2 is 1.58 bits per heavy atom. The fourth-order valence-corrected chi connectivity index (χ4v) is 3.05. The zero-order chi connectivity index (χ0) is 8.13. The minimum atomic E-state index is 0.462. The molecule has 0 unspecified atom stereocenters. The number of hydrogen-bond donors (Lipinski definition) is 0. The predicted molar refractivity (Wildman–Crippen MR) is 42.6 cm³/mol. The highest BCUT2D eigenvalue weighted by Crippen LogP contribution is 2.41. The van der Waals surface area contributed by atoms with Crippen molar-refractivity contribution in [2.24, 2.45) is 0 Å². The van der Waals surface area contributed by atoms with Crippen LogP contribution >= 0.6 is 0 Å². The maximum atomic E-state index is 10.8. The van der Waals surface area contributed by atoms with Crippen LogP contribution in [0.25, 0.3) is 0 Å². The molecule has 0 aromatic carbocycles. The second kappa shape index (κ2) is 2.22. The summed E-state index contributed by atoms with van der Waals surface area (Å²) in [4.78, 5) is 12.8. The van der Waals surface area contributed by atoms with Crippen molar-refractivity contribution < 1.29 is 9.53 Å². The Labute approximate surface area is 71.7 Å². The standard InChI is InChI=1S/C9H13NO2/c11-5-10-6-1-8-3-7(10)4-9(2-6)12-8/h5-9H,1-4H2. The topological polar surface area (TPSA) is 29.5 Å². The van der Waals surface area contributed by atoms with Crippen LogP contribution in [0.15, 0.2) is 0 Å². The van der Waals surface area contributed by atoms with Gasteiger partial charge in [0.05, 0.1) is 12.2 Å². The summed E-state index contributed by atoms with van der Waals surface area (Å²) in [6.07, 6.45) is 6.26. The van der Waals surface area contributed by atoms with Gasteiger partial charge in [0.25, 0.3) is 0 Å². The van der Waals surface area contributed by atoms with Crippen molar-refractivity contribution in [3.05, 3.63) is 0 Å². The number of carbonyl (C=O) groups is 1. The number of ether oxygens (including phenoxy) is 1. The van der Waals surface area contributed by atoms with Crippen LogP contribution in [0.5, 0.6) is 0 Å². The van der Waals surface area contributed by atoms with Crippen molar-refractivity contribution in [3.63, 3.8) is 0 Å². The maximum Gasteiger partial charge on any atom is 0.210 e. The summed E-state index contributed by atoms with van der Waals surface area (Å²) in [5.41, 5.74) is 0. The summed E-state index contributed by atoms with van der Waals surface area (Å²) in [6.45, 7) is 0. The molecule has 1 amide bonds. The average molecular weight is 167 g/mol. The predicted octanol–water partition coefficient (Wildman–Crippen LogP) is 0.537. The maximum absolute atomic E-state index is 10.8. The number of nitrogens with zero attached hydrogens (tertiary/aromatic N) is 1. The van der Waals surface area contributed by atoms with Gasteiger partial charge in [-0.25, -0.2) is 0 Å². The van der Waals surface area contributed by atoms with E-state index in [1.54, 1.807) is 0 Å². The number of piperidine rings is 2. The van der Waals surface area contributed by atoms with E-state index in [0.717, 1.165) is 32.1 Å². The quantitative estimate of drug-likeness (QED) is 0.533. The molecule has 3 heteroatoms. The van der Waals surface area contributed by atoms with Crippen molar-refractivity contribution in [2.45, 2.75) is 50.0 Å². The lowest BCUT2D eigenvalue weighted by atomic mass is 9.78. The van der Waals surface area contributed by atoms with Gasteiger partial charge >= 0.3 is 0 Å². The van der Waals surface area contributed by atoms with Crippen LogP contribution in [0.4, 0.5) is 0 Å². The molecule has 0 aliphatic carbocycles. The van der Waals surface area contributed by atoms with Gasteiger partial charge in [-0.05, 0) is 25.7 Å². The van der Waals surface area contributed by atoms with Gasteiger partial charge in [-0.2, -0.15) is 0 Å². The molecule has 4 bridgehead atoms. The SMILES string of the molecule is O=CN1C2CC3CC1CC(C2)O3. The van der Waals surface area contributed by atoms with Crippen molar-refractivity contribution >= 4 is 6.41 Å². The Morgan fingerprint density at radius 1 is 1.08 bits per heavy atom. The van der Waals surface area contributed by atoms with Crippen LogP contribution < -0.4 is 0 Å². The van der Waals surface area contributed by atoms with E-state index in [1.807, 2.05) is 4.90 Å². The fourth-order valence-electron chi connectivity index (χ4n) is 3.05. The zero-order valence-corrected chi connectivity index (χ0v) is 6.98. The number of hydrogen-bond acceptors (Lipinski definition) is 2. The number of carbonyl (C=O) groups excluding carboxylic acids is 1. The second-order valence-electron chi connectivity index (χ2n) is 4.18. The van der Waals surface area contributed by atoms with Gasteiger partial charge in [0.1, 0.15) is 0 Å². The molecular weight excluding hydrogens is 154 g/mol. The normalized spacial score (nSPS) is 49.8. The third-order valence-electron chi connectivity index (χ3n) is 3.49. The third-order valence-corrected chi connectivity index (χ3v) is 3.49. The molecule has 0 aromatic rings. The first-order chi connectivity index (χ1) is 5.86. The zero-order valence-electron chi connectivity index (χ0n) is 6.98. The van der Waals surface area contributed by atoms with Gasteiger partial charge in [-0.15, -0.1) is 0 Å². The Hall–Kier alpha value is -0.570. The van der Waals surface area contributed by atoms with E-state index < -0.39 is 0 Å². The molecule has 0 spiro atoms. The van der Waals surface area contributed by atoms with E-state index in [2.05, 4.69) is 0 Å². The summed E-state index contributed by atoms with van der Waals surface area (Å²) in [5.74, 6) is 0. The van der Waals surface area contributed by atoms with E-state index in [9.17, 15) is 4.79 Å². The van der Waals surface area contributed by atoms with Gasteiger partial charge in [-0.3, -0.25) is 4.79 Å². The van der Waals surface area contributed by atoms with Crippen molar-refractivity contribution in [2.75, 3.05) is 0 Å². The monoisotopic (exact) mass is 167 g/mol. The Morgan fingerprint density at radius 3 is 2.00 bits per heavy atom. The molecule has 0 aromatic heterocycles. The number of rotatable bonds is 1. The van der Waals surface area contributed by atoms with Crippen LogP contribution in [-0.4, -0.2) is 35.6 Å². The molecule has 0 radical (unpaired) electrons. The molecule has 4 aliphatic heterocycles. The largest absolute Gasteiger partial charge is 0.375 e. The van der Waals surface area contributed by atoms with E-state index in [0.29, 0.717) is 24.3 Å². The minimum Gasteiger partial charge on any atom is -0.375 e. The highest BCUT2D eigenvalue weighted by molar-refractivity contribution is 5.49. The lowest BCUT2D eigenvalue weighted by Gasteiger charge is -2.54. The molecular formula is C9H13NO2. The van der Waals surface area contributed by atoms with Gasteiger partial charge in [0.15, 0.2) is 0 Å². The Kier molecular flexibility index (Phi) is 1.28. The lowest BCUT2D eigenvalue weighted by molar-refractivity contribution is -0.182. The summed E-state index contributed by atoms with van der Waals surface area (Å²) >= 11 is 0. The van der Waals surface area contributed by atoms with Gasteiger partial charge in [0, 0.05) is 12.1 Å². The second-order valence-corrected chi connectivity index (χ2v) is 4.18. The van der Waals surface area contributed by atoms with Crippen LogP contribution in [0, 0.1) is 0 Å². The molecule has 4 fully saturated rings. The van der Waals surface area contributed by atoms with Crippen LogP contribution in [0.2, 0.25) is 0 Å². The summed E-state index contributed by atoms with van der Waals surface area (Å²) in [7, 11) is 0. The molecule has 0 saturated carbocycles. The lowest BCUT2D eigenvalue weighted by Crippen LogP contribution is -2.61. The van der Waals surface area contributed by atoms with E-state index in [1.165, 1.54) is 0 Å². The van der Waals surface area contributed by atoms with Gasteiger partial charge in [0.2, 0.25) is 6.41 Å². The molecule has 0 N–H and O–H groups in total. The molecule has 4 heterocycles. The number of amides is 1. The van der Waals surface area contributed by atoms with E-state index >= 15 is 0 Å². The van der Waals surface area contributed by atoms with Crippen molar-refractivity contribution in [1.82, 2.24) is 4.90 Å². The first kappa shape index (κ1) is 6.89. The molecule has 4 saturated heterocycles. The highest BCUT2D eigenvalue weighted by atomic mass is 16.5.